The molecule has 9 nitrogen and oxygen atoms in total. The lowest BCUT2D eigenvalue weighted by Gasteiger charge is -2.04. The Kier molecular flexibility index (Phi) is 5.83. The summed E-state index contributed by atoms with van der Waals surface area (Å²) in [6.07, 6.45) is 3.29. The molecule has 0 aliphatic carbocycles. The first-order valence-electron chi connectivity index (χ1n) is 12.9. The molecular weight excluding hydrogens is 534 g/mol. The van der Waals surface area contributed by atoms with Crippen LogP contribution in [0.25, 0.3) is 67.4 Å². The zero-order chi connectivity index (χ0) is 28.8. The van der Waals surface area contributed by atoms with Gasteiger partial charge < -0.3 is 19.0 Å². The van der Waals surface area contributed by atoms with Crippen molar-refractivity contribution in [2.24, 2.45) is 0 Å². The number of nitrogens with zero attached hydrogens (tertiary/aromatic N) is 3. The standard InChI is InChI=1S/C33H19N3O6/c37-32(38)20-8-4-18(5-9-20)28-14-22-12-26(34-16-30(22)41-28)24-2-1-3-25(36-24)27-13-23-15-29(42-31(23)17-35-27)19-6-10-21(11-7-19)33(39)40/h1-17H,(H,37,38)(H,39,40). The van der Waals surface area contributed by atoms with Crippen molar-refractivity contribution in [3.05, 3.63) is 115 Å². The Morgan fingerprint density at radius 3 is 1.38 bits per heavy atom. The van der Waals surface area contributed by atoms with Crippen LogP contribution in [0.2, 0.25) is 0 Å². The van der Waals surface area contributed by atoms with E-state index < -0.39 is 11.9 Å². The molecule has 0 spiro atoms. The maximum absolute atomic E-state index is 11.2. The van der Waals surface area contributed by atoms with Crippen molar-refractivity contribution in [1.29, 1.82) is 0 Å². The molecule has 7 rings (SSSR count). The Balaban J connectivity index is 1.18. The molecule has 0 atom stereocenters. The fraction of sp³-hybridized carbons (Fsp3) is 0. The molecule has 0 aliphatic rings. The van der Waals surface area contributed by atoms with Gasteiger partial charge in [0.25, 0.3) is 0 Å². The average Bonchev–Trinajstić information content (AvgIpc) is 3.65. The number of aromatic nitrogens is 3. The Bertz CT molecular complexity index is 1990. The SMILES string of the molecule is O=C(O)c1ccc(-c2cc3cc(-c4cccc(-c5cc6cc(-c7ccc(C(=O)O)cc7)oc6cn5)n4)ncc3o2)cc1. The van der Waals surface area contributed by atoms with Crippen LogP contribution < -0.4 is 0 Å². The third-order valence-electron chi connectivity index (χ3n) is 6.91. The van der Waals surface area contributed by atoms with Crippen molar-refractivity contribution in [3.63, 3.8) is 0 Å². The number of furan rings is 2. The van der Waals surface area contributed by atoms with Gasteiger partial charge >= 0.3 is 11.9 Å². The fourth-order valence-electron chi connectivity index (χ4n) is 4.73. The lowest BCUT2D eigenvalue weighted by Crippen LogP contribution is -1.94. The molecule has 0 amide bonds. The van der Waals surface area contributed by atoms with Crippen molar-refractivity contribution < 1.29 is 28.6 Å². The number of carbonyl (C=O) groups is 2. The number of hydrogen-bond acceptors (Lipinski definition) is 7. The minimum Gasteiger partial charge on any atom is -0.478 e. The number of carboxylic acid groups (broad SMARTS) is 2. The number of rotatable bonds is 6. The van der Waals surface area contributed by atoms with Crippen molar-refractivity contribution in [2.75, 3.05) is 0 Å². The summed E-state index contributed by atoms with van der Waals surface area (Å²) in [7, 11) is 0. The highest BCUT2D eigenvalue weighted by Crippen LogP contribution is 2.32. The average molecular weight is 554 g/mol. The first-order chi connectivity index (χ1) is 20.4. The quantitative estimate of drug-likeness (QED) is 0.215. The van der Waals surface area contributed by atoms with Crippen LogP contribution in [0.5, 0.6) is 0 Å². The molecule has 202 valence electrons. The third-order valence-corrected chi connectivity index (χ3v) is 6.91. The molecule has 9 heteroatoms. The maximum atomic E-state index is 11.2. The van der Waals surface area contributed by atoms with Gasteiger partial charge in [0.15, 0.2) is 11.2 Å². The Morgan fingerprint density at radius 1 is 0.548 bits per heavy atom. The predicted molar refractivity (Wildman–Crippen MR) is 155 cm³/mol. The van der Waals surface area contributed by atoms with Gasteiger partial charge in [-0.1, -0.05) is 30.3 Å². The molecule has 2 aromatic carbocycles. The predicted octanol–water partition coefficient (Wildman–Crippen LogP) is 7.43. The summed E-state index contributed by atoms with van der Waals surface area (Å²) in [5, 5.41) is 20.0. The number of hydrogen-bond donors (Lipinski definition) is 2. The van der Waals surface area contributed by atoms with Gasteiger partial charge in [0.1, 0.15) is 11.5 Å². The summed E-state index contributed by atoms with van der Waals surface area (Å²) in [5.41, 5.74) is 5.80. The van der Waals surface area contributed by atoms with E-state index in [9.17, 15) is 9.59 Å². The summed E-state index contributed by atoms with van der Waals surface area (Å²) in [4.78, 5) is 36.2. The van der Waals surface area contributed by atoms with Gasteiger partial charge in [-0.3, -0.25) is 9.97 Å². The van der Waals surface area contributed by atoms with Gasteiger partial charge in [0, 0.05) is 21.9 Å². The van der Waals surface area contributed by atoms with E-state index in [0.717, 1.165) is 21.9 Å². The zero-order valence-electron chi connectivity index (χ0n) is 21.7. The van der Waals surface area contributed by atoms with E-state index in [1.165, 1.54) is 24.3 Å². The van der Waals surface area contributed by atoms with E-state index in [2.05, 4.69) is 9.97 Å². The van der Waals surface area contributed by atoms with Crippen molar-refractivity contribution in [3.8, 4) is 45.4 Å². The Morgan fingerprint density at radius 2 is 0.976 bits per heavy atom. The lowest BCUT2D eigenvalue weighted by molar-refractivity contribution is 0.0686. The number of carboxylic acids is 2. The monoisotopic (exact) mass is 553 g/mol. The van der Waals surface area contributed by atoms with Crippen LogP contribution in [-0.4, -0.2) is 37.1 Å². The molecule has 5 aromatic heterocycles. The van der Waals surface area contributed by atoms with Gasteiger partial charge in [-0.25, -0.2) is 14.6 Å². The minimum atomic E-state index is -0.982. The van der Waals surface area contributed by atoms with Crippen LogP contribution in [0.4, 0.5) is 0 Å². The van der Waals surface area contributed by atoms with Crippen LogP contribution in [0.1, 0.15) is 20.7 Å². The van der Waals surface area contributed by atoms with E-state index in [4.69, 9.17) is 24.0 Å². The Labute approximate surface area is 237 Å². The van der Waals surface area contributed by atoms with E-state index in [1.54, 1.807) is 36.7 Å². The normalized spacial score (nSPS) is 11.2. The summed E-state index contributed by atoms with van der Waals surface area (Å²) >= 11 is 0. The van der Waals surface area contributed by atoms with Crippen LogP contribution in [0, 0.1) is 0 Å². The maximum Gasteiger partial charge on any atom is 0.335 e. The van der Waals surface area contributed by atoms with Crippen molar-refractivity contribution in [2.45, 2.75) is 0 Å². The van der Waals surface area contributed by atoms with E-state index in [1.807, 2.05) is 42.5 Å². The second-order valence-electron chi connectivity index (χ2n) is 9.61. The first-order valence-corrected chi connectivity index (χ1v) is 12.9. The summed E-state index contributed by atoms with van der Waals surface area (Å²) < 4.78 is 11.9. The van der Waals surface area contributed by atoms with Crippen LogP contribution >= 0.6 is 0 Å². The molecule has 42 heavy (non-hydrogen) atoms. The van der Waals surface area contributed by atoms with Gasteiger partial charge in [-0.05, 0) is 60.7 Å². The summed E-state index contributed by atoms with van der Waals surface area (Å²) in [5.74, 6) is -0.747. The van der Waals surface area contributed by atoms with Crippen LogP contribution in [0.15, 0.2) is 112 Å². The molecule has 7 aromatic rings. The fourth-order valence-corrected chi connectivity index (χ4v) is 4.73. The topological polar surface area (TPSA) is 140 Å². The molecule has 5 heterocycles. The van der Waals surface area contributed by atoms with Gasteiger partial charge in [-0.2, -0.15) is 0 Å². The first kappa shape index (κ1) is 24.9. The smallest absolute Gasteiger partial charge is 0.335 e. The molecule has 0 radical (unpaired) electrons. The molecule has 0 bridgehead atoms. The van der Waals surface area contributed by atoms with Crippen LogP contribution in [0.3, 0.4) is 0 Å². The number of aromatic carboxylic acids is 2. The molecule has 0 saturated heterocycles. The highest BCUT2D eigenvalue weighted by atomic mass is 16.4. The van der Waals surface area contributed by atoms with Crippen molar-refractivity contribution in [1.82, 2.24) is 15.0 Å². The zero-order valence-corrected chi connectivity index (χ0v) is 21.7. The number of fused-ring (bicyclic) bond motifs is 2. The molecule has 0 saturated carbocycles. The van der Waals surface area contributed by atoms with E-state index >= 15 is 0 Å². The van der Waals surface area contributed by atoms with Gasteiger partial charge in [0.2, 0.25) is 0 Å². The van der Waals surface area contributed by atoms with Crippen LogP contribution in [-0.2, 0) is 0 Å². The largest absolute Gasteiger partial charge is 0.478 e. The van der Waals surface area contributed by atoms with Gasteiger partial charge in [0.05, 0.1) is 46.3 Å². The lowest BCUT2D eigenvalue weighted by atomic mass is 10.1. The number of benzene rings is 2. The van der Waals surface area contributed by atoms with E-state index in [-0.39, 0.29) is 11.1 Å². The second-order valence-corrected chi connectivity index (χ2v) is 9.61. The minimum absolute atomic E-state index is 0.207. The molecule has 2 N–H and O–H groups in total. The molecule has 0 aliphatic heterocycles. The van der Waals surface area contributed by atoms with Gasteiger partial charge in [-0.15, -0.1) is 0 Å². The highest BCUT2D eigenvalue weighted by Gasteiger charge is 2.14. The highest BCUT2D eigenvalue weighted by molar-refractivity contribution is 5.90. The third kappa shape index (κ3) is 4.54. The summed E-state index contributed by atoms with van der Waals surface area (Å²) in [6.45, 7) is 0. The molecular formula is C33H19N3O6. The summed E-state index contributed by atoms with van der Waals surface area (Å²) in [6, 6.07) is 26.2. The molecule has 0 fully saturated rings. The van der Waals surface area contributed by atoms with E-state index in [0.29, 0.717) is 45.5 Å². The van der Waals surface area contributed by atoms with Crippen molar-refractivity contribution >= 4 is 33.9 Å². The second kappa shape index (κ2) is 9.83. The number of pyridine rings is 3. The Hall–Kier alpha value is -6.09. The molecule has 0 unspecified atom stereocenters.